The van der Waals surface area contributed by atoms with Gasteiger partial charge in [-0.1, -0.05) is 0 Å². The summed E-state index contributed by atoms with van der Waals surface area (Å²) in [6.07, 6.45) is 1.87. The lowest BCUT2D eigenvalue weighted by molar-refractivity contribution is 0.101. The van der Waals surface area contributed by atoms with E-state index in [1.807, 2.05) is 31.5 Å². The Labute approximate surface area is 124 Å². The van der Waals surface area contributed by atoms with Gasteiger partial charge < -0.3 is 9.30 Å². The molecule has 2 aromatic rings. The number of carbonyl (C=O) groups is 1. The summed E-state index contributed by atoms with van der Waals surface area (Å²) in [6.45, 7) is 6.31. The maximum Gasteiger partial charge on any atom is 0.337 e. The summed E-state index contributed by atoms with van der Waals surface area (Å²) in [5.41, 5.74) is 0.543. The quantitative estimate of drug-likeness (QED) is 0.875. The van der Waals surface area contributed by atoms with Crippen LogP contribution < -0.4 is 10.1 Å². The normalized spacial score (nSPS) is 10.8. The minimum atomic E-state index is -0.261. The van der Waals surface area contributed by atoms with Crippen LogP contribution in [0.15, 0.2) is 16.7 Å². The lowest BCUT2D eigenvalue weighted by Gasteiger charge is -2.11. The number of halogens is 1. The lowest BCUT2D eigenvalue weighted by Crippen LogP contribution is -2.18. The molecule has 0 unspecified atom stereocenters. The van der Waals surface area contributed by atoms with Crippen molar-refractivity contribution in [2.45, 2.75) is 26.8 Å². The van der Waals surface area contributed by atoms with Crippen molar-refractivity contribution in [1.82, 2.24) is 19.7 Å². The molecule has 2 heterocycles. The van der Waals surface area contributed by atoms with Crippen molar-refractivity contribution in [3.8, 4) is 6.01 Å². The molecule has 0 aliphatic rings. The van der Waals surface area contributed by atoms with Crippen molar-refractivity contribution in [2.75, 3.05) is 11.9 Å². The number of aromatic nitrogens is 4. The van der Waals surface area contributed by atoms with Crippen LogP contribution in [0.1, 0.15) is 37.3 Å². The van der Waals surface area contributed by atoms with Crippen LogP contribution >= 0.6 is 15.9 Å². The number of carbonyl (C=O) groups excluding carboxylic acids is 1. The second-order valence-corrected chi connectivity index (χ2v) is 5.31. The molecule has 0 bridgehead atoms. The Balaban J connectivity index is 2.15. The Morgan fingerprint density at radius 1 is 1.60 bits per heavy atom. The van der Waals surface area contributed by atoms with Gasteiger partial charge in [0.05, 0.1) is 6.61 Å². The molecule has 8 heteroatoms. The maximum absolute atomic E-state index is 12.2. The van der Waals surface area contributed by atoms with Crippen LogP contribution in [0.4, 0.5) is 5.95 Å². The number of aromatic amines is 1. The third-order valence-electron chi connectivity index (χ3n) is 2.57. The van der Waals surface area contributed by atoms with E-state index in [4.69, 9.17) is 4.74 Å². The molecule has 0 radical (unpaired) electrons. The smallest absolute Gasteiger partial charge is 0.337 e. The van der Waals surface area contributed by atoms with E-state index in [2.05, 4.69) is 36.4 Å². The highest BCUT2D eigenvalue weighted by molar-refractivity contribution is 9.10. The lowest BCUT2D eigenvalue weighted by atomic mass is 10.3. The maximum atomic E-state index is 12.2. The second kappa shape index (κ2) is 6.08. The Kier molecular flexibility index (Phi) is 4.43. The van der Waals surface area contributed by atoms with E-state index in [-0.39, 0.29) is 23.9 Å². The first kappa shape index (κ1) is 14.6. The topological polar surface area (TPSA) is 84.8 Å². The molecular weight excluding hydrogens is 326 g/mol. The molecule has 0 saturated heterocycles. The molecule has 108 valence electrons. The van der Waals surface area contributed by atoms with Gasteiger partial charge in [0, 0.05) is 16.7 Å². The monoisotopic (exact) mass is 341 g/mol. The summed E-state index contributed by atoms with van der Waals surface area (Å²) >= 11 is 3.37. The van der Waals surface area contributed by atoms with Gasteiger partial charge in [-0.15, -0.1) is 5.10 Å². The number of rotatable bonds is 5. The predicted octanol–water partition coefficient (Wildman–Crippen LogP) is 2.60. The highest BCUT2D eigenvalue weighted by atomic mass is 79.9. The second-order valence-electron chi connectivity index (χ2n) is 4.40. The fourth-order valence-corrected chi connectivity index (χ4v) is 2.16. The average molecular weight is 342 g/mol. The summed E-state index contributed by atoms with van der Waals surface area (Å²) in [6, 6.07) is 2.15. The summed E-state index contributed by atoms with van der Waals surface area (Å²) in [4.78, 5) is 16.2. The van der Waals surface area contributed by atoms with Gasteiger partial charge in [-0.2, -0.15) is 4.98 Å². The van der Waals surface area contributed by atoms with Gasteiger partial charge in [0.25, 0.3) is 5.91 Å². The van der Waals surface area contributed by atoms with Gasteiger partial charge in [0.1, 0.15) is 5.69 Å². The van der Waals surface area contributed by atoms with Crippen molar-refractivity contribution in [2.24, 2.45) is 0 Å². The number of amides is 1. The van der Waals surface area contributed by atoms with Gasteiger partial charge in [-0.25, -0.2) is 5.10 Å². The van der Waals surface area contributed by atoms with Gasteiger partial charge in [-0.05, 0) is 42.8 Å². The Morgan fingerprint density at radius 3 is 3.00 bits per heavy atom. The standard InChI is InChI=1S/C12H16BrN5O2/c1-4-20-12-15-11(16-17-12)14-10(19)9-5-8(13)6-18(9)7(2)3/h5-7H,4H2,1-3H3,(H2,14,15,16,17,19). The van der Waals surface area contributed by atoms with Gasteiger partial charge >= 0.3 is 6.01 Å². The Morgan fingerprint density at radius 2 is 2.35 bits per heavy atom. The zero-order chi connectivity index (χ0) is 14.7. The van der Waals surface area contributed by atoms with Crippen molar-refractivity contribution in [1.29, 1.82) is 0 Å². The first-order chi connectivity index (χ1) is 9.51. The highest BCUT2D eigenvalue weighted by Crippen LogP contribution is 2.20. The fraction of sp³-hybridized carbons (Fsp3) is 0.417. The average Bonchev–Trinajstić information content (AvgIpc) is 2.96. The Bertz CT molecular complexity index is 605. The van der Waals surface area contributed by atoms with E-state index in [0.29, 0.717) is 12.3 Å². The molecule has 2 N–H and O–H groups in total. The molecule has 20 heavy (non-hydrogen) atoms. The van der Waals surface area contributed by atoms with Gasteiger partial charge in [-0.3, -0.25) is 10.1 Å². The van der Waals surface area contributed by atoms with E-state index >= 15 is 0 Å². The van der Waals surface area contributed by atoms with Crippen LogP contribution in [0, 0.1) is 0 Å². The number of ether oxygens (including phenoxy) is 1. The minimum Gasteiger partial charge on any atom is -0.463 e. The molecule has 0 spiro atoms. The van der Waals surface area contributed by atoms with Crippen LogP contribution in [0.25, 0.3) is 0 Å². The fourth-order valence-electron chi connectivity index (χ4n) is 1.72. The van der Waals surface area contributed by atoms with Crippen LogP contribution in [0.3, 0.4) is 0 Å². The predicted molar refractivity (Wildman–Crippen MR) is 78.0 cm³/mol. The molecule has 0 aliphatic carbocycles. The van der Waals surface area contributed by atoms with Crippen LogP contribution in [0.2, 0.25) is 0 Å². The highest BCUT2D eigenvalue weighted by Gasteiger charge is 2.16. The first-order valence-corrected chi connectivity index (χ1v) is 7.04. The number of nitrogens with one attached hydrogen (secondary N) is 2. The van der Waals surface area contributed by atoms with Crippen molar-refractivity contribution in [3.63, 3.8) is 0 Å². The molecule has 0 aliphatic heterocycles. The number of hydrogen-bond donors (Lipinski definition) is 2. The third-order valence-corrected chi connectivity index (χ3v) is 3.01. The van der Waals surface area contributed by atoms with Gasteiger partial charge in [0.15, 0.2) is 0 Å². The number of anilines is 1. The third kappa shape index (κ3) is 3.19. The molecule has 0 fully saturated rings. The van der Waals surface area contributed by atoms with Crippen LogP contribution in [-0.2, 0) is 0 Å². The van der Waals surface area contributed by atoms with E-state index in [1.54, 1.807) is 6.07 Å². The summed E-state index contributed by atoms with van der Waals surface area (Å²) in [5.74, 6) is -0.00493. The largest absolute Gasteiger partial charge is 0.463 e. The molecule has 0 atom stereocenters. The van der Waals surface area contributed by atoms with Crippen LogP contribution in [-0.4, -0.2) is 32.3 Å². The van der Waals surface area contributed by atoms with E-state index in [1.165, 1.54) is 0 Å². The van der Waals surface area contributed by atoms with Crippen molar-refractivity contribution in [3.05, 3.63) is 22.4 Å². The molecule has 1 amide bonds. The van der Waals surface area contributed by atoms with E-state index in [0.717, 1.165) is 4.47 Å². The summed E-state index contributed by atoms with van der Waals surface area (Å²) in [7, 11) is 0. The molecule has 0 saturated carbocycles. The van der Waals surface area contributed by atoms with Crippen molar-refractivity contribution >= 4 is 27.8 Å². The SMILES string of the molecule is CCOc1n[nH]c(NC(=O)c2cc(Br)cn2C(C)C)n1. The molecule has 7 nitrogen and oxygen atoms in total. The summed E-state index contributed by atoms with van der Waals surface area (Å²) in [5, 5.41) is 9.09. The zero-order valence-electron chi connectivity index (χ0n) is 11.5. The zero-order valence-corrected chi connectivity index (χ0v) is 13.1. The number of nitrogens with zero attached hydrogens (tertiary/aromatic N) is 3. The van der Waals surface area contributed by atoms with Gasteiger partial charge in [0.2, 0.25) is 5.95 Å². The van der Waals surface area contributed by atoms with E-state index < -0.39 is 0 Å². The molecular formula is C12H16BrN5O2. The molecule has 2 rings (SSSR count). The number of hydrogen-bond acceptors (Lipinski definition) is 4. The van der Waals surface area contributed by atoms with Crippen molar-refractivity contribution < 1.29 is 9.53 Å². The summed E-state index contributed by atoms with van der Waals surface area (Å²) < 4.78 is 7.85. The minimum absolute atomic E-state index is 0.177. The Hall–Kier alpha value is -1.83. The number of H-pyrrole nitrogens is 1. The van der Waals surface area contributed by atoms with E-state index in [9.17, 15) is 4.79 Å². The molecule has 2 aromatic heterocycles. The molecule has 0 aromatic carbocycles. The van der Waals surface area contributed by atoms with Crippen LogP contribution in [0.5, 0.6) is 6.01 Å². The first-order valence-electron chi connectivity index (χ1n) is 6.25.